The van der Waals surface area contributed by atoms with E-state index in [0.717, 1.165) is 10.0 Å². The number of hydrogen-bond donors (Lipinski definition) is 1. The van der Waals surface area contributed by atoms with Crippen LogP contribution in [0.2, 0.25) is 5.02 Å². The number of halogens is 3. The smallest absolute Gasteiger partial charge is 0.145 e. The summed E-state index contributed by atoms with van der Waals surface area (Å²) in [5.74, 6) is -0.0960. The van der Waals surface area contributed by atoms with E-state index >= 15 is 0 Å². The van der Waals surface area contributed by atoms with Gasteiger partial charge in [-0.3, -0.25) is 0 Å². The van der Waals surface area contributed by atoms with Crippen molar-refractivity contribution in [1.29, 1.82) is 0 Å². The average molecular weight is 331 g/mol. The first-order valence-corrected chi connectivity index (χ1v) is 6.35. The number of ether oxygens (including phenoxy) is 1. The Labute approximate surface area is 118 Å². The van der Waals surface area contributed by atoms with Crippen molar-refractivity contribution in [2.24, 2.45) is 0 Å². The monoisotopic (exact) mass is 329 g/mol. The van der Waals surface area contributed by atoms with E-state index in [9.17, 15) is 4.39 Å². The van der Waals surface area contributed by atoms with Crippen LogP contribution in [0.25, 0.3) is 0 Å². The molecule has 0 amide bonds. The van der Waals surface area contributed by atoms with E-state index < -0.39 is 5.82 Å². The molecular weight excluding hydrogens is 321 g/mol. The standard InChI is InChI=1S/C13H10BrClFNO/c14-10-2-1-3-13(17)9(10)7-18-8-4-5-11(15)12(16)6-8/h1-6H,7,17H2. The van der Waals surface area contributed by atoms with Crippen molar-refractivity contribution in [3.8, 4) is 5.75 Å². The Balaban J connectivity index is 2.14. The van der Waals surface area contributed by atoms with Crippen LogP contribution in [0.4, 0.5) is 10.1 Å². The molecule has 0 fully saturated rings. The largest absolute Gasteiger partial charge is 0.489 e. The predicted molar refractivity (Wildman–Crippen MR) is 74.3 cm³/mol. The van der Waals surface area contributed by atoms with Crippen LogP contribution in [0.5, 0.6) is 5.75 Å². The lowest BCUT2D eigenvalue weighted by Crippen LogP contribution is -2.01. The van der Waals surface area contributed by atoms with Crippen molar-refractivity contribution in [3.63, 3.8) is 0 Å². The summed E-state index contributed by atoms with van der Waals surface area (Å²) in [6.07, 6.45) is 0. The van der Waals surface area contributed by atoms with Crippen LogP contribution in [0.1, 0.15) is 5.56 Å². The molecule has 2 aromatic carbocycles. The summed E-state index contributed by atoms with van der Waals surface area (Å²) in [5.41, 5.74) is 7.28. The van der Waals surface area contributed by atoms with Gasteiger partial charge in [0.15, 0.2) is 0 Å². The molecule has 0 saturated heterocycles. The molecule has 0 aromatic heterocycles. The minimum atomic E-state index is -0.505. The fourth-order valence-corrected chi connectivity index (χ4v) is 2.06. The molecule has 0 bridgehead atoms. The van der Waals surface area contributed by atoms with Crippen molar-refractivity contribution in [3.05, 3.63) is 57.3 Å². The maximum absolute atomic E-state index is 13.2. The van der Waals surface area contributed by atoms with E-state index in [0.29, 0.717) is 11.4 Å². The van der Waals surface area contributed by atoms with Crippen LogP contribution in [-0.2, 0) is 6.61 Å². The van der Waals surface area contributed by atoms with Crippen LogP contribution >= 0.6 is 27.5 Å². The molecule has 5 heteroatoms. The zero-order valence-electron chi connectivity index (χ0n) is 9.29. The van der Waals surface area contributed by atoms with E-state index in [1.807, 2.05) is 12.1 Å². The first-order chi connectivity index (χ1) is 8.58. The molecule has 2 aromatic rings. The molecule has 0 atom stereocenters. The number of nitrogen functional groups attached to an aromatic ring is 1. The van der Waals surface area contributed by atoms with Crippen molar-refractivity contribution in [1.82, 2.24) is 0 Å². The minimum Gasteiger partial charge on any atom is -0.489 e. The Morgan fingerprint density at radius 3 is 2.72 bits per heavy atom. The van der Waals surface area contributed by atoms with Crippen molar-refractivity contribution >= 4 is 33.2 Å². The number of hydrogen-bond acceptors (Lipinski definition) is 2. The van der Waals surface area contributed by atoms with Gasteiger partial charge in [0, 0.05) is 21.8 Å². The highest BCUT2D eigenvalue weighted by atomic mass is 79.9. The Morgan fingerprint density at radius 1 is 1.28 bits per heavy atom. The van der Waals surface area contributed by atoms with E-state index in [4.69, 9.17) is 22.1 Å². The molecular formula is C13H10BrClFNO. The molecule has 0 unspecified atom stereocenters. The summed E-state index contributed by atoms with van der Waals surface area (Å²) < 4.78 is 19.6. The number of benzene rings is 2. The highest BCUT2D eigenvalue weighted by Crippen LogP contribution is 2.25. The van der Waals surface area contributed by atoms with Gasteiger partial charge >= 0.3 is 0 Å². The lowest BCUT2D eigenvalue weighted by atomic mass is 10.2. The second-order valence-corrected chi connectivity index (χ2v) is 4.93. The van der Waals surface area contributed by atoms with Crippen LogP contribution in [0, 0.1) is 5.82 Å². The zero-order chi connectivity index (χ0) is 13.1. The fraction of sp³-hybridized carbons (Fsp3) is 0.0769. The van der Waals surface area contributed by atoms with Gasteiger partial charge < -0.3 is 10.5 Å². The number of rotatable bonds is 3. The topological polar surface area (TPSA) is 35.2 Å². The average Bonchev–Trinajstić information content (AvgIpc) is 2.33. The minimum absolute atomic E-state index is 0.0720. The van der Waals surface area contributed by atoms with Gasteiger partial charge in [-0.1, -0.05) is 33.6 Å². The third-order valence-electron chi connectivity index (χ3n) is 2.43. The van der Waals surface area contributed by atoms with Crippen molar-refractivity contribution in [2.75, 3.05) is 5.73 Å². The quantitative estimate of drug-likeness (QED) is 0.846. The molecule has 2 rings (SSSR count). The highest BCUT2D eigenvalue weighted by molar-refractivity contribution is 9.10. The molecule has 2 nitrogen and oxygen atoms in total. The summed E-state index contributed by atoms with van der Waals surface area (Å²) in [5, 5.41) is 0.0720. The van der Waals surface area contributed by atoms with Gasteiger partial charge in [0.25, 0.3) is 0 Å². The Bertz CT molecular complexity index is 557. The van der Waals surface area contributed by atoms with E-state index in [2.05, 4.69) is 15.9 Å². The SMILES string of the molecule is Nc1cccc(Br)c1COc1ccc(Cl)c(F)c1. The first-order valence-electron chi connectivity index (χ1n) is 5.18. The molecule has 0 spiro atoms. The molecule has 0 radical (unpaired) electrons. The van der Waals surface area contributed by atoms with Gasteiger partial charge in [0.1, 0.15) is 18.2 Å². The summed E-state index contributed by atoms with van der Waals surface area (Å²) >= 11 is 8.98. The van der Waals surface area contributed by atoms with Gasteiger partial charge in [-0.25, -0.2) is 4.39 Å². The molecule has 18 heavy (non-hydrogen) atoms. The molecule has 0 aliphatic carbocycles. The summed E-state index contributed by atoms with van der Waals surface area (Å²) in [7, 11) is 0. The summed E-state index contributed by atoms with van der Waals surface area (Å²) in [6.45, 7) is 0.258. The van der Waals surface area contributed by atoms with Crippen LogP contribution in [0.3, 0.4) is 0 Å². The summed E-state index contributed by atoms with van der Waals surface area (Å²) in [6, 6.07) is 9.80. The van der Waals surface area contributed by atoms with Gasteiger partial charge in [-0.15, -0.1) is 0 Å². The second kappa shape index (κ2) is 5.59. The van der Waals surface area contributed by atoms with E-state index in [-0.39, 0.29) is 11.6 Å². The molecule has 0 saturated carbocycles. The maximum atomic E-state index is 13.2. The fourth-order valence-electron chi connectivity index (χ4n) is 1.45. The predicted octanol–water partition coefficient (Wildman–Crippen LogP) is 4.40. The highest BCUT2D eigenvalue weighted by Gasteiger charge is 2.06. The molecule has 2 N–H and O–H groups in total. The Hall–Kier alpha value is -1.26. The Morgan fingerprint density at radius 2 is 2.06 bits per heavy atom. The van der Waals surface area contributed by atoms with Crippen molar-refractivity contribution in [2.45, 2.75) is 6.61 Å². The lowest BCUT2D eigenvalue weighted by molar-refractivity contribution is 0.304. The molecule has 0 aliphatic heterocycles. The van der Waals surface area contributed by atoms with E-state index in [1.165, 1.54) is 12.1 Å². The molecule has 0 aliphatic rings. The number of nitrogens with two attached hydrogens (primary N) is 1. The van der Waals surface area contributed by atoms with Gasteiger partial charge in [-0.2, -0.15) is 0 Å². The Kier molecular flexibility index (Phi) is 4.09. The van der Waals surface area contributed by atoms with Gasteiger partial charge in [0.2, 0.25) is 0 Å². The lowest BCUT2D eigenvalue weighted by Gasteiger charge is -2.10. The normalized spacial score (nSPS) is 10.4. The maximum Gasteiger partial charge on any atom is 0.145 e. The third kappa shape index (κ3) is 2.94. The second-order valence-electron chi connectivity index (χ2n) is 3.67. The number of anilines is 1. The molecule has 94 valence electrons. The van der Waals surface area contributed by atoms with Crippen LogP contribution < -0.4 is 10.5 Å². The van der Waals surface area contributed by atoms with E-state index in [1.54, 1.807) is 12.1 Å². The first kappa shape index (κ1) is 13.2. The van der Waals surface area contributed by atoms with Crippen LogP contribution in [-0.4, -0.2) is 0 Å². The summed E-state index contributed by atoms with van der Waals surface area (Å²) in [4.78, 5) is 0. The molecule has 0 heterocycles. The third-order valence-corrected chi connectivity index (χ3v) is 3.48. The van der Waals surface area contributed by atoms with Gasteiger partial charge in [-0.05, 0) is 24.3 Å². The zero-order valence-corrected chi connectivity index (χ0v) is 11.6. The van der Waals surface area contributed by atoms with Gasteiger partial charge in [0.05, 0.1) is 5.02 Å². The van der Waals surface area contributed by atoms with Crippen LogP contribution in [0.15, 0.2) is 40.9 Å². The van der Waals surface area contributed by atoms with Crippen molar-refractivity contribution < 1.29 is 9.13 Å².